The number of amides is 1. The molecule has 0 saturated carbocycles. The summed E-state index contributed by atoms with van der Waals surface area (Å²) in [6, 6.07) is 3.53. The smallest absolute Gasteiger partial charge is 0.227 e. The van der Waals surface area contributed by atoms with E-state index in [1.807, 2.05) is 0 Å². The lowest BCUT2D eigenvalue weighted by molar-refractivity contribution is -0.134. The van der Waals surface area contributed by atoms with Crippen molar-refractivity contribution in [2.45, 2.75) is 6.42 Å². The number of nitrogens with zero attached hydrogens (tertiary/aromatic N) is 1. The lowest BCUT2D eigenvalue weighted by atomic mass is 10.1. The zero-order chi connectivity index (χ0) is 12.3. The molecule has 2 rings (SSSR count). The SMILES string of the molecule is O=C(Cc1ccc(F)c(F)c1)N1CCOCC1. The highest BCUT2D eigenvalue weighted by atomic mass is 19.2. The van der Waals surface area contributed by atoms with Gasteiger partial charge < -0.3 is 9.64 Å². The maximum absolute atomic E-state index is 13.0. The van der Waals surface area contributed by atoms with Gasteiger partial charge in [0.25, 0.3) is 0 Å². The lowest BCUT2D eigenvalue weighted by Gasteiger charge is -2.26. The lowest BCUT2D eigenvalue weighted by Crippen LogP contribution is -2.41. The first-order chi connectivity index (χ1) is 8.16. The van der Waals surface area contributed by atoms with E-state index in [9.17, 15) is 13.6 Å². The summed E-state index contributed by atoms with van der Waals surface area (Å²) in [5, 5.41) is 0. The number of morpholine rings is 1. The van der Waals surface area contributed by atoms with Gasteiger partial charge in [-0.2, -0.15) is 0 Å². The molecule has 1 aliphatic heterocycles. The minimum atomic E-state index is -0.919. The van der Waals surface area contributed by atoms with Crippen molar-refractivity contribution in [3.8, 4) is 0 Å². The van der Waals surface area contributed by atoms with Gasteiger partial charge in [-0.25, -0.2) is 8.78 Å². The fourth-order valence-corrected chi connectivity index (χ4v) is 1.75. The van der Waals surface area contributed by atoms with E-state index in [-0.39, 0.29) is 12.3 Å². The molecule has 1 saturated heterocycles. The summed E-state index contributed by atoms with van der Waals surface area (Å²) < 4.78 is 30.8. The van der Waals surface area contributed by atoms with Crippen LogP contribution in [0, 0.1) is 11.6 Å². The topological polar surface area (TPSA) is 29.5 Å². The molecule has 0 aromatic heterocycles. The fourth-order valence-electron chi connectivity index (χ4n) is 1.75. The van der Waals surface area contributed by atoms with Crippen LogP contribution in [0.15, 0.2) is 18.2 Å². The molecule has 0 atom stereocenters. The highest BCUT2D eigenvalue weighted by molar-refractivity contribution is 5.78. The standard InChI is InChI=1S/C12H13F2NO2/c13-10-2-1-9(7-11(10)14)8-12(16)15-3-5-17-6-4-15/h1-2,7H,3-6,8H2. The van der Waals surface area contributed by atoms with Crippen LogP contribution in [-0.2, 0) is 16.0 Å². The van der Waals surface area contributed by atoms with Crippen LogP contribution in [0.2, 0.25) is 0 Å². The van der Waals surface area contributed by atoms with Crippen molar-refractivity contribution in [3.05, 3.63) is 35.4 Å². The quantitative estimate of drug-likeness (QED) is 0.782. The summed E-state index contributed by atoms with van der Waals surface area (Å²) in [6.45, 7) is 2.18. The Labute approximate surface area is 98.0 Å². The average Bonchev–Trinajstić information content (AvgIpc) is 2.35. The summed E-state index contributed by atoms with van der Waals surface area (Å²) in [6.07, 6.45) is 0.0944. The molecule has 0 aliphatic carbocycles. The number of rotatable bonds is 2. The Morgan fingerprint density at radius 1 is 1.24 bits per heavy atom. The van der Waals surface area contributed by atoms with E-state index < -0.39 is 11.6 Å². The summed E-state index contributed by atoms with van der Waals surface area (Å²) in [5.74, 6) is -1.90. The van der Waals surface area contributed by atoms with Crippen molar-refractivity contribution >= 4 is 5.91 Å². The number of hydrogen-bond acceptors (Lipinski definition) is 2. The second-order valence-corrected chi connectivity index (χ2v) is 3.92. The van der Waals surface area contributed by atoms with Crippen LogP contribution >= 0.6 is 0 Å². The van der Waals surface area contributed by atoms with E-state index in [2.05, 4.69) is 0 Å². The molecule has 0 unspecified atom stereocenters. The van der Waals surface area contributed by atoms with Gasteiger partial charge in [0.1, 0.15) is 0 Å². The van der Waals surface area contributed by atoms with Crippen LogP contribution in [0.5, 0.6) is 0 Å². The van der Waals surface area contributed by atoms with Gasteiger partial charge in [-0.1, -0.05) is 6.07 Å². The molecular formula is C12H13F2NO2. The van der Waals surface area contributed by atoms with Crippen LogP contribution in [0.1, 0.15) is 5.56 Å². The molecule has 1 aromatic rings. The van der Waals surface area contributed by atoms with Gasteiger partial charge in [-0.3, -0.25) is 4.79 Å². The van der Waals surface area contributed by atoms with Crippen LogP contribution in [0.25, 0.3) is 0 Å². The normalized spacial score (nSPS) is 16.0. The van der Waals surface area contributed by atoms with E-state index in [1.54, 1.807) is 4.90 Å². The molecule has 3 nitrogen and oxygen atoms in total. The Morgan fingerprint density at radius 2 is 1.94 bits per heavy atom. The summed E-state index contributed by atoms with van der Waals surface area (Å²) in [5.41, 5.74) is 0.486. The molecule has 0 spiro atoms. The summed E-state index contributed by atoms with van der Waals surface area (Å²) in [7, 11) is 0. The Balaban J connectivity index is 1.99. The van der Waals surface area contributed by atoms with Crippen LogP contribution in [-0.4, -0.2) is 37.1 Å². The molecule has 1 amide bonds. The molecule has 5 heteroatoms. The predicted octanol–water partition coefficient (Wildman–Crippen LogP) is 1.37. The second-order valence-electron chi connectivity index (χ2n) is 3.92. The Morgan fingerprint density at radius 3 is 2.59 bits per heavy atom. The predicted molar refractivity (Wildman–Crippen MR) is 57.5 cm³/mol. The second kappa shape index (κ2) is 5.23. The molecule has 1 fully saturated rings. The van der Waals surface area contributed by atoms with E-state index in [4.69, 9.17) is 4.74 Å². The number of ether oxygens (including phenoxy) is 1. The number of hydrogen-bond donors (Lipinski definition) is 0. The molecule has 1 aliphatic rings. The number of carbonyl (C=O) groups excluding carboxylic acids is 1. The Hall–Kier alpha value is -1.49. The van der Waals surface area contributed by atoms with Crippen molar-refractivity contribution < 1.29 is 18.3 Å². The van der Waals surface area contributed by atoms with Gasteiger partial charge in [-0.15, -0.1) is 0 Å². The minimum Gasteiger partial charge on any atom is -0.378 e. The molecule has 17 heavy (non-hydrogen) atoms. The molecule has 0 bridgehead atoms. The van der Waals surface area contributed by atoms with Crippen LogP contribution in [0.3, 0.4) is 0 Å². The number of halogens is 2. The van der Waals surface area contributed by atoms with Gasteiger partial charge in [0, 0.05) is 13.1 Å². The molecular weight excluding hydrogens is 228 g/mol. The van der Waals surface area contributed by atoms with E-state index in [0.29, 0.717) is 31.9 Å². The van der Waals surface area contributed by atoms with Crippen molar-refractivity contribution in [1.82, 2.24) is 4.90 Å². The van der Waals surface area contributed by atoms with E-state index in [0.717, 1.165) is 12.1 Å². The highest BCUT2D eigenvalue weighted by Gasteiger charge is 2.17. The maximum atomic E-state index is 13.0. The number of benzene rings is 1. The highest BCUT2D eigenvalue weighted by Crippen LogP contribution is 2.10. The van der Waals surface area contributed by atoms with Crippen molar-refractivity contribution in [2.24, 2.45) is 0 Å². The van der Waals surface area contributed by atoms with Gasteiger partial charge >= 0.3 is 0 Å². The van der Waals surface area contributed by atoms with Gasteiger partial charge in [0.05, 0.1) is 19.6 Å². The van der Waals surface area contributed by atoms with Crippen molar-refractivity contribution in [2.75, 3.05) is 26.3 Å². The van der Waals surface area contributed by atoms with Crippen LogP contribution < -0.4 is 0 Å². The van der Waals surface area contributed by atoms with E-state index >= 15 is 0 Å². The minimum absolute atomic E-state index is 0.0840. The largest absolute Gasteiger partial charge is 0.378 e. The Kier molecular flexibility index (Phi) is 3.68. The van der Waals surface area contributed by atoms with Crippen molar-refractivity contribution in [1.29, 1.82) is 0 Å². The molecule has 0 N–H and O–H groups in total. The zero-order valence-corrected chi connectivity index (χ0v) is 9.29. The first-order valence-electron chi connectivity index (χ1n) is 5.46. The van der Waals surface area contributed by atoms with Gasteiger partial charge in [-0.05, 0) is 17.7 Å². The monoisotopic (exact) mass is 241 g/mol. The van der Waals surface area contributed by atoms with Crippen molar-refractivity contribution in [3.63, 3.8) is 0 Å². The first kappa shape index (κ1) is 12.0. The summed E-state index contributed by atoms with van der Waals surface area (Å²) in [4.78, 5) is 13.5. The molecule has 92 valence electrons. The fraction of sp³-hybridized carbons (Fsp3) is 0.417. The first-order valence-corrected chi connectivity index (χ1v) is 5.46. The third-order valence-corrected chi connectivity index (χ3v) is 2.70. The maximum Gasteiger partial charge on any atom is 0.227 e. The molecule has 1 aromatic carbocycles. The summed E-state index contributed by atoms with van der Waals surface area (Å²) >= 11 is 0. The molecule has 0 radical (unpaired) electrons. The van der Waals surface area contributed by atoms with Crippen LogP contribution in [0.4, 0.5) is 8.78 Å². The van der Waals surface area contributed by atoms with Gasteiger partial charge in [0.2, 0.25) is 5.91 Å². The third-order valence-electron chi connectivity index (χ3n) is 2.70. The number of carbonyl (C=O) groups is 1. The Bertz CT molecular complexity index is 417. The van der Waals surface area contributed by atoms with E-state index in [1.165, 1.54) is 6.07 Å². The average molecular weight is 241 g/mol. The zero-order valence-electron chi connectivity index (χ0n) is 9.29. The van der Waals surface area contributed by atoms with Gasteiger partial charge in [0.15, 0.2) is 11.6 Å². The molecule has 1 heterocycles. The third kappa shape index (κ3) is 3.00.